The Morgan fingerprint density at radius 1 is 1.36 bits per heavy atom. The predicted octanol–water partition coefficient (Wildman–Crippen LogP) is -0.0151. The second-order valence-corrected chi connectivity index (χ2v) is 2.75. The van der Waals surface area contributed by atoms with Crippen LogP contribution in [0.1, 0.15) is 12.2 Å². The SMILES string of the molecule is O=C(O)C(=O)O.c1cn2c(n1)CCC2. The maximum absolute atomic E-state index is 9.10. The van der Waals surface area contributed by atoms with Crippen molar-refractivity contribution in [3.05, 3.63) is 18.2 Å². The number of aryl methyl sites for hydroxylation is 2. The van der Waals surface area contributed by atoms with Gasteiger partial charge >= 0.3 is 11.9 Å². The number of imidazole rings is 1. The van der Waals surface area contributed by atoms with Crippen LogP contribution in [-0.2, 0) is 22.6 Å². The highest BCUT2D eigenvalue weighted by Gasteiger charge is 2.07. The summed E-state index contributed by atoms with van der Waals surface area (Å²) in [5, 5.41) is 14.8. The molecular formula is C8H10N2O4. The number of hydrogen-bond acceptors (Lipinski definition) is 3. The van der Waals surface area contributed by atoms with Crippen molar-refractivity contribution in [2.24, 2.45) is 0 Å². The number of aromatic nitrogens is 2. The van der Waals surface area contributed by atoms with Crippen molar-refractivity contribution in [1.82, 2.24) is 9.55 Å². The molecule has 0 spiro atoms. The number of carboxylic acids is 2. The molecule has 0 bridgehead atoms. The lowest BCUT2D eigenvalue weighted by atomic mass is 10.4. The van der Waals surface area contributed by atoms with E-state index in [0.29, 0.717) is 0 Å². The molecule has 0 atom stereocenters. The Labute approximate surface area is 79.8 Å². The maximum atomic E-state index is 9.10. The molecule has 14 heavy (non-hydrogen) atoms. The van der Waals surface area contributed by atoms with Crippen LogP contribution in [0, 0.1) is 0 Å². The molecule has 2 heterocycles. The molecule has 2 rings (SSSR count). The summed E-state index contributed by atoms with van der Waals surface area (Å²) in [4.78, 5) is 22.4. The second kappa shape index (κ2) is 4.40. The zero-order valence-corrected chi connectivity index (χ0v) is 7.38. The van der Waals surface area contributed by atoms with Crippen molar-refractivity contribution in [2.75, 3.05) is 0 Å². The fourth-order valence-corrected chi connectivity index (χ4v) is 1.18. The standard InChI is InChI=1S/C6H8N2.C2H2O4/c1-2-6-7-3-5-8(6)4-1;3-1(4)2(5)6/h3,5H,1-2,4H2;(H,3,4)(H,5,6). The van der Waals surface area contributed by atoms with Gasteiger partial charge < -0.3 is 14.8 Å². The zero-order chi connectivity index (χ0) is 10.6. The minimum absolute atomic E-state index is 1.17. The summed E-state index contributed by atoms with van der Waals surface area (Å²) in [6, 6.07) is 0. The fourth-order valence-electron chi connectivity index (χ4n) is 1.18. The van der Waals surface area contributed by atoms with Crippen LogP contribution in [0.3, 0.4) is 0 Å². The largest absolute Gasteiger partial charge is 0.473 e. The molecule has 76 valence electrons. The van der Waals surface area contributed by atoms with Gasteiger partial charge in [-0.25, -0.2) is 14.6 Å². The van der Waals surface area contributed by atoms with Crippen molar-refractivity contribution >= 4 is 11.9 Å². The number of hydrogen-bond donors (Lipinski definition) is 2. The van der Waals surface area contributed by atoms with E-state index in [1.807, 2.05) is 12.4 Å². The van der Waals surface area contributed by atoms with Gasteiger partial charge in [-0.2, -0.15) is 0 Å². The van der Waals surface area contributed by atoms with Gasteiger partial charge in [-0.1, -0.05) is 0 Å². The summed E-state index contributed by atoms with van der Waals surface area (Å²) in [5.41, 5.74) is 0. The fraction of sp³-hybridized carbons (Fsp3) is 0.375. The van der Waals surface area contributed by atoms with Crippen LogP contribution in [0.15, 0.2) is 12.4 Å². The van der Waals surface area contributed by atoms with E-state index >= 15 is 0 Å². The molecule has 0 aromatic carbocycles. The highest BCUT2D eigenvalue weighted by molar-refractivity contribution is 6.27. The third-order valence-electron chi connectivity index (χ3n) is 1.78. The van der Waals surface area contributed by atoms with Crippen LogP contribution in [0.5, 0.6) is 0 Å². The molecule has 1 aliphatic rings. The van der Waals surface area contributed by atoms with Gasteiger partial charge in [-0.15, -0.1) is 0 Å². The van der Waals surface area contributed by atoms with E-state index in [1.165, 1.54) is 25.2 Å². The lowest BCUT2D eigenvalue weighted by molar-refractivity contribution is -0.159. The molecule has 2 N–H and O–H groups in total. The van der Waals surface area contributed by atoms with E-state index in [4.69, 9.17) is 19.8 Å². The summed E-state index contributed by atoms with van der Waals surface area (Å²) in [7, 11) is 0. The first-order valence-corrected chi connectivity index (χ1v) is 4.07. The van der Waals surface area contributed by atoms with Crippen molar-refractivity contribution in [1.29, 1.82) is 0 Å². The first-order chi connectivity index (χ1) is 6.61. The Hall–Kier alpha value is -1.85. The maximum Gasteiger partial charge on any atom is 0.414 e. The van der Waals surface area contributed by atoms with Gasteiger partial charge in [0.25, 0.3) is 0 Å². The van der Waals surface area contributed by atoms with E-state index in [2.05, 4.69) is 9.55 Å². The second-order valence-electron chi connectivity index (χ2n) is 2.75. The molecule has 6 heteroatoms. The number of fused-ring (bicyclic) bond motifs is 1. The summed E-state index contributed by atoms with van der Waals surface area (Å²) in [5.74, 6) is -2.39. The van der Waals surface area contributed by atoms with Gasteiger partial charge in [0.2, 0.25) is 0 Å². The van der Waals surface area contributed by atoms with Crippen LogP contribution < -0.4 is 0 Å². The smallest absolute Gasteiger partial charge is 0.414 e. The molecule has 0 radical (unpaired) electrons. The van der Waals surface area contributed by atoms with Crippen molar-refractivity contribution in [3.63, 3.8) is 0 Å². The van der Waals surface area contributed by atoms with Crippen LogP contribution in [0.2, 0.25) is 0 Å². The van der Waals surface area contributed by atoms with Gasteiger partial charge in [0, 0.05) is 25.4 Å². The Kier molecular flexibility index (Phi) is 3.22. The van der Waals surface area contributed by atoms with Crippen molar-refractivity contribution < 1.29 is 19.8 Å². The van der Waals surface area contributed by atoms with Crippen molar-refractivity contribution in [3.8, 4) is 0 Å². The molecule has 0 aliphatic carbocycles. The third-order valence-corrected chi connectivity index (χ3v) is 1.78. The summed E-state index contributed by atoms with van der Waals surface area (Å²) in [6.45, 7) is 1.18. The van der Waals surface area contributed by atoms with Crippen LogP contribution in [0.25, 0.3) is 0 Å². The van der Waals surface area contributed by atoms with Crippen molar-refractivity contribution in [2.45, 2.75) is 19.4 Å². The molecule has 6 nitrogen and oxygen atoms in total. The molecule has 0 saturated heterocycles. The Morgan fingerprint density at radius 3 is 2.50 bits per heavy atom. The molecule has 1 aromatic heterocycles. The number of carbonyl (C=O) groups is 2. The monoisotopic (exact) mass is 198 g/mol. The van der Waals surface area contributed by atoms with Crippen LogP contribution >= 0.6 is 0 Å². The average Bonchev–Trinajstić information content (AvgIpc) is 2.63. The average molecular weight is 198 g/mol. The van der Waals surface area contributed by atoms with E-state index in [9.17, 15) is 0 Å². The molecule has 0 fully saturated rings. The Balaban J connectivity index is 0.000000149. The molecular weight excluding hydrogens is 188 g/mol. The van der Waals surface area contributed by atoms with Crippen LogP contribution in [-0.4, -0.2) is 31.7 Å². The summed E-state index contributed by atoms with van der Waals surface area (Å²) in [6.07, 6.45) is 6.37. The van der Waals surface area contributed by atoms with Crippen LogP contribution in [0.4, 0.5) is 0 Å². The van der Waals surface area contributed by atoms with E-state index in [1.54, 1.807) is 0 Å². The van der Waals surface area contributed by atoms with Gasteiger partial charge in [0.05, 0.1) is 0 Å². The number of nitrogens with zero attached hydrogens (tertiary/aromatic N) is 2. The van der Waals surface area contributed by atoms with E-state index in [-0.39, 0.29) is 0 Å². The molecule has 1 aromatic rings. The molecule has 0 saturated carbocycles. The third kappa shape index (κ3) is 2.58. The first kappa shape index (κ1) is 10.2. The Bertz CT molecular complexity index is 314. The minimum Gasteiger partial charge on any atom is -0.473 e. The lowest BCUT2D eigenvalue weighted by Crippen LogP contribution is -2.09. The number of rotatable bonds is 0. The highest BCUT2D eigenvalue weighted by Crippen LogP contribution is 2.10. The normalized spacial score (nSPS) is 12.6. The lowest BCUT2D eigenvalue weighted by Gasteiger charge is -1.88. The van der Waals surface area contributed by atoms with Gasteiger partial charge in [-0.3, -0.25) is 0 Å². The van der Waals surface area contributed by atoms with Gasteiger partial charge in [-0.05, 0) is 6.42 Å². The number of carboxylic acid groups (broad SMARTS) is 2. The van der Waals surface area contributed by atoms with Gasteiger partial charge in [0.15, 0.2) is 0 Å². The molecule has 0 unspecified atom stereocenters. The first-order valence-electron chi connectivity index (χ1n) is 4.07. The molecule has 1 aliphatic heterocycles. The summed E-state index contributed by atoms with van der Waals surface area (Å²) >= 11 is 0. The predicted molar refractivity (Wildman–Crippen MR) is 45.8 cm³/mol. The topological polar surface area (TPSA) is 92.4 Å². The molecule has 0 amide bonds. The van der Waals surface area contributed by atoms with E-state index < -0.39 is 11.9 Å². The van der Waals surface area contributed by atoms with Gasteiger partial charge in [0.1, 0.15) is 5.82 Å². The summed E-state index contributed by atoms with van der Waals surface area (Å²) < 4.78 is 2.21. The highest BCUT2D eigenvalue weighted by atomic mass is 16.4. The van der Waals surface area contributed by atoms with E-state index in [0.717, 1.165) is 0 Å². The zero-order valence-electron chi connectivity index (χ0n) is 7.38. The number of aliphatic carboxylic acids is 2. The Morgan fingerprint density at radius 2 is 2.00 bits per heavy atom. The minimum atomic E-state index is -1.82. The quantitative estimate of drug-likeness (QED) is 0.572.